The molecule has 2 heterocycles. The second-order valence-corrected chi connectivity index (χ2v) is 8.82. The van der Waals surface area contributed by atoms with Crippen molar-refractivity contribution in [2.45, 2.75) is 0 Å². The summed E-state index contributed by atoms with van der Waals surface area (Å²) in [5.41, 5.74) is 1.68. The third-order valence-corrected chi connectivity index (χ3v) is 6.53. The molecule has 0 saturated carbocycles. The first-order valence-electron chi connectivity index (χ1n) is 12.2. The molecule has 0 aliphatic carbocycles. The molecule has 0 unspecified atom stereocenters. The zero-order valence-electron chi connectivity index (χ0n) is 21.1. The van der Waals surface area contributed by atoms with Gasteiger partial charge < -0.3 is 28.7 Å². The Labute approximate surface area is 219 Å². The smallest absolute Gasteiger partial charge is 0.260 e. The Bertz CT molecular complexity index is 1400. The maximum Gasteiger partial charge on any atom is 0.260 e. The molecule has 196 valence electrons. The number of methoxy groups -OCH3 is 2. The third kappa shape index (κ3) is 5.13. The first kappa shape index (κ1) is 25.1. The second kappa shape index (κ2) is 10.8. The van der Waals surface area contributed by atoms with E-state index in [0.29, 0.717) is 60.4 Å². The fourth-order valence-corrected chi connectivity index (χ4v) is 4.49. The van der Waals surface area contributed by atoms with Gasteiger partial charge in [-0.05, 0) is 48.0 Å². The van der Waals surface area contributed by atoms with Crippen LogP contribution in [-0.2, 0) is 4.79 Å². The Balaban J connectivity index is 1.18. The molecule has 0 aromatic heterocycles. The number of Topliss-reactive ketones (excluding diaryl/α,β-unsaturated/α-hetero) is 1. The topological polar surface area (TPSA) is 77.5 Å². The van der Waals surface area contributed by atoms with Crippen LogP contribution in [0.25, 0.3) is 6.08 Å². The number of ketones is 1. The summed E-state index contributed by atoms with van der Waals surface area (Å²) in [6.45, 7) is 1.87. The molecule has 0 bridgehead atoms. The number of fused-ring (bicyclic) bond motifs is 1. The molecular weight excluding hydrogens is 491 g/mol. The van der Waals surface area contributed by atoms with Gasteiger partial charge in [-0.3, -0.25) is 9.59 Å². The van der Waals surface area contributed by atoms with Crippen LogP contribution >= 0.6 is 0 Å². The van der Waals surface area contributed by atoms with Crippen molar-refractivity contribution in [2.75, 3.05) is 51.9 Å². The van der Waals surface area contributed by atoms with Crippen molar-refractivity contribution in [1.29, 1.82) is 0 Å². The van der Waals surface area contributed by atoms with Crippen molar-refractivity contribution in [3.8, 4) is 23.0 Å². The summed E-state index contributed by atoms with van der Waals surface area (Å²) < 4.78 is 36.2. The van der Waals surface area contributed by atoms with Crippen LogP contribution in [0.4, 0.5) is 10.1 Å². The lowest BCUT2D eigenvalue weighted by Crippen LogP contribution is -2.50. The highest BCUT2D eigenvalue weighted by molar-refractivity contribution is 6.14. The SMILES string of the molecule is COc1ccc(C=C2Oc3cc(OCC(=O)N4CCN(c5ccccc5F)CC4)ccc3C2=O)cc1OC. The minimum atomic E-state index is -0.269. The van der Waals surface area contributed by atoms with E-state index in [1.165, 1.54) is 6.07 Å². The largest absolute Gasteiger partial charge is 0.493 e. The van der Waals surface area contributed by atoms with Crippen LogP contribution in [0.15, 0.2) is 66.4 Å². The van der Waals surface area contributed by atoms with Gasteiger partial charge in [-0.2, -0.15) is 0 Å². The molecule has 0 radical (unpaired) electrons. The number of carbonyl (C=O) groups is 2. The van der Waals surface area contributed by atoms with Gasteiger partial charge in [-0.25, -0.2) is 4.39 Å². The number of carbonyl (C=O) groups excluding carboxylic acids is 2. The van der Waals surface area contributed by atoms with E-state index in [0.717, 1.165) is 5.56 Å². The minimum absolute atomic E-state index is 0.152. The highest BCUT2D eigenvalue weighted by atomic mass is 19.1. The number of benzene rings is 3. The highest BCUT2D eigenvalue weighted by Gasteiger charge is 2.28. The lowest BCUT2D eigenvalue weighted by atomic mass is 10.1. The van der Waals surface area contributed by atoms with E-state index in [1.54, 1.807) is 79.8 Å². The quantitative estimate of drug-likeness (QED) is 0.434. The maximum atomic E-state index is 14.1. The van der Waals surface area contributed by atoms with Crippen LogP contribution in [0.3, 0.4) is 0 Å². The van der Waals surface area contributed by atoms with Gasteiger partial charge in [-0.15, -0.1) is 0 Å². The Hall–Kier alpha value is -4.53. The number of para-hydroxylation sites is 1. The Kier molecular flexibility index (Phi) is 7.17. The highest BCUT2D eigenvalue weighted by Crippen LogP contribution is 2.36. The van der Waals surface area contributed by atoms with Crippen molar-refractivity contribution in [2.24, 2.45) is 0 Å². The first-order valence-corrected chi connectivity index (χ1v) is 12.2. The molecule has 0 atom stereocenters. The zero-order chi connectivity index (χ0) is 26.6. The van der Waals surface area contributed by atoms with Crippen molar-refractivity contribution in [3.05, 3.63) is 83.4 Å². The van der Waals surface area contributed by atoms with Crippen LogP contribution in [0.1, 0.15) is 15.9 Å². The fourth-order valence-electron chi connectivity index (χ4n) is 4.49. The van der Waals surface area contributed by atoms with Gasteiger partial charge in [0, 0.05) is 32.2 Å². The predicted molar refractivity (Wildman–Crippen MR) is 140 cm³/mol. The van der Waals surface area contributed by atoms with E-state index >= 15 is 0 Å². The number of ether oxygens (including phenoxy) is 4. The molecule has 9 heteroatoms. The number of piperazine rings is 1. The number of allylic oxidation sites excluding steroid dienone is 1. The summed E-state index contributed by atoms with van der Waals surface area (Å²) in [7, 11) is 3.09. The van der Waals surface area contributed by atoms with Crippen molar-refractivity contribution >= 4 is 23.5 Å². The van der Waals surface area contributed by atoms with Gasteiger partial charge in [0.25, 0.3) is 5.91 Å². The van der Waals surface area contributed by atoms with Crippen LogP contribution in [0.2, 0.25) is 0 Å². The molecule has 2 aliphatic rings. The van der Waals surface area contributed by atoms with E-state index in [4.69, 9.17) is 18.9 Å². The predicted octanol–water partition coefficient (Wildman–Crippen LogP) is 4.19. The van der Waals surface area contributed by atoms with Crippen LogP contribution in [0, 0.1) is 5.82 Å². The van der Waals surface area contributed by atoms with Gasteiger partial charge in [0.15, 0.2) is 23.9 Å². The molecule has 0 spiro atoms. The number of anilines is 1. The summed E-state index contributed by atoms with van der Waals surface area (Å²) in [4.78, 5) is 29.2. The average molecular weight is 519 g/mol. The number of halogens is 1. The van der Waals surface area contributed by atoms with Crippen LogP contribution in [-0.4, -0.2) is 63.6 Å². The number of hydrogen-bond donors (Lipinski definition) is 0. The van der Waals surface area contributed by atoms with Crippen molar-refractivity contribution in [3.63, 3.8) is 0 Å². The molecule has 8 nitrogen and oxygen atoms in total. The molecule has 1 amide bonds. The van der Waals surface area contributed by atoms with Crippen molar-refractivity contribution in [1.82, 2.24) is 4.90 Å². The fraction of sp³-hybridized carbons (Fsp3) is 0.241. The zero-order valence-corrected chi connectivity index (χ0v) is 21.1. The summed E-state index contributed by atoms with van der Waals surface area (Å²) in [5.74, 6) is 1.41. The van der Waals surface area contributed by atoms with E-state index in [9.17, 15) is 14.0 Å². The average Bonchev–Trinajstić information content (AvgIpc) is 3.26. The summed E-state index contributed by atoms with van der Waals surface area (Å²) in [5, 5.41) is 0. The molecule has 2 aliphatic heterocycles. The lowest BCUT2D eigenvalue weighted by molar-refractivity contribution is -0.133. The van der Waals surface area contributed by atoms with Crippen LogP contribution < -0.4 is 23.8 Å². The van der Waals surface area contributed by atoms with Gasteiger partial charge in [0.2, 0.25) is 5.78 Å². The summed E-state index contributed by atoms with van der Waals surface area (Å²) >= 11 is 0. The number of amides is 1. The summed E-state index contributed by atoms with van der Waals surface area (Å²) in [6.07, 6.45) is 1.63. The molecule has 0 N–H and O–H groups in total. The first-order chi connectivity index (χ1) is 18.5. The standard InChI is InChI=1S/C29H27FN2O6/c1-35-24-10-7-19(15-26(24)36-2)16-27-29(34)21-9-8-20(17-25(21)38-27)37-18-28(33)32-13-11-31(12-14-32)23-6-4-3-5-22(23)30/h3-10,15-17H,11-14,18H2,1-2H3. The Morgan fingerprint density at radius 1 is 0.974 bits per heavy atom. The maximum absolute atomic E-state index is 14.1. The molecule has 1 saturated heterocycles. The molecule has 3 aromatic carbocycles. The normalized spacial score (nSPS) is 15.8. The Morgan fingerprint density at radius 2 is 1.74 bits per heavy atom. The van der Waals surface area contributed by atoms with Gasteiger partial charge in [-0.1, -0.05) is 18.2 Å². The third-order valence-electron chi connectivity index (χ3n) is 6.53. The monoisotopic (exact) mass is 518 g/mol. The molecular formula is C29H27FN2O6. The molecule has 3 aromatic rings. The second-order valence-electron chi connectivity index (χ2n) is 8.82. The van der Waals surface area contributed by atoms with Gasteiger partial charge in [0.05, 0.1) is 25.5 Å². The molecule has 38 heavy (non-hydrogen) atoms. The minimum Gasteiger partial charge on any atom is -0.493 e. The molecule has 5 rings (SSSR count). The van der Waals surface area contributed by atoms with E-state index in [2.05, 4.69) is 0 Å². The van der Waals surface area contributed by atoms with Crippen molar-refractivity contribution < 1.29 is 32.9 Å². The summed E-state index contributed by atoms with van der Waals surface area (Å²) in [6, 6.07) is 16.8. The van der Waals surface area contributed by atoms with Crippen LogP contribution in [0.5, 0.6) is 23.0 Å². The molecule has 1 fully saturated rings. The van der Waals surface area contributed by atoms with E-state index in [-0.39, 0.29) is 29.9 Å². The number of rotatable bonds is 7. The van der Waals surface area contributed by atoms with Gasteiger partial charge >= 0.3 is 0 Å². The lowest BCUT2D eigenvalue weighted by Gasteiger charge is -2.36. The van der Waals surface area contributed by atoms with Gasteiger partial charge in [0.1, 0.15) is 17.3 Å². The number of hydrogen-bond acceptors (Lipinski definition) is 7. The van der Waals surface area contributed by atoms with E-state index < -0.39 is 0 Å². The van der Waals surface area contributed by atoms with E-state index in [1.807, 2.05) is 4.90 Å². The number of nitrogens with zero attached hydrogens (tertiary/aromatic N) is 2. The Morgan fingerprint density at radius 3 is 2.47 bits per heavy atom.